The van der Waals surface area contributed by atoms with Crippen LogP contribution in [-0.4, -0.2) is 51.9 Å². The fourth-order valence-electron chi connectivity index (χ4n) is 5.58. The number of amides is 3. The van der Waals surface area contributed by atoms with E-state index in [2.05, 4.69) is 52.5 Å². The van der Waals surface area contributed by atoms with Crippen LogP contribution in [0.4, 0.5) is 4.79 Å². The molecule has 2 fully saturated rings. The Balaban J connectivity index is 1.24. The van der Waals surface area contributed by atoms with E-state index in [-0.39, 0.29) is 17.9 Å². The predicted molar refractivity (Wildman–Crippen MR) is 136 cm³/mol. The third-order valence-corrected chi connectivity index (χ3v) is 8.41. The molecular weight excluding hydrogens is 444 g/mol. The number of urea groups is 1. The maximum atomic E-state index is 13.6. The Morgan fingerprint density at radius 2 is 1.91 bits per heavy atom. The number of pyridine rings is 1. The molecule has 3 aromatic rings. The maximum Gasteiger partial charge on any atom is 0.325 e. The van der Waals surface area contributed by atoms with Crippen molar-refractivity contribution >= 4 is 33.4 Å². The molecule has 1 aromatic carbocycles. The first-order valence-electron chi connectivity index (χ1n) is 12.3. The smallest absolute Gasteiger partial charge is 0.323 e. The Hall–Kier alpha value is -2.77. The van der Waals surface area contributed by atoms with Crippen LogP contribution in [0.3, 0.4) is 0 Å². The number of thiophene rings is 1. The minimum atomic E-state index is -0.764. The van der Waals surface area contributed by atoms with Gasteiger partial charge in [0.05, 0.1) is 0 Å². The van der Waals surface area contributed by atoms with E-state index in [9.17, 15) is 9.59 Å². The summed E-state index contributed by atoms with van der Waals surface area (Å²) in [7, 11) is 0. The number of carbonyl (C=O) groups is 2. The lowest BCUT2D eigenvalue weighted by molar-refractivity contribution is -0.134. The van der Waals surface area contributed by atoms with Gasteiger partial charge in [0.25, 0.3) is 5.91 Å². The van der Waals surface area contributed by atoms with Crippen molar-refractivity contribution in [2.24, 2.45) is 5.92 Å². The Bertz CT molecular complexity index is 1120. The largest absolute Gasteiger partial charge is 0.325 e. The molecule has 1 atom stereocenters. The van der Waals surface area contributed by atoms with Crippen molar-refractivity contribution in [2.45, 2.75) is 51.1 Å². The first-order valence-corrected chi connectivity index (χ1v) is 13.1. The van der Waals surface area contributed by atoms with Gasteiger partial charge in [0.15, 0.2) is 0 Å². The maximum absolute atomic E-state index is 13.6. The van der Waals surface area contributed by atoms with Crippen LogP contribution < -0.4 is 5.32 Å². The van der Waals surface area contributed by atoms with E-state index in [1.54, 1.807) is 6.20 Å². The first kappa shape index (κ1) is 23.0. The van der Waals surface area contributed by atoms with Gasteiger partial charge >= 0.3 is 6.03 Å². The van der Waals surface area contributed by atoms with Gasteiger partial charge in [-0.05, 0) is 67.9 Å². The Morgan fingerprint density at radius 1 is 1.12 bits per heavy atom. The number of nitrogens with one attached hydrogen (secondary N) is 1. The van der Waals surface area contributed by atoms with Crippen LogP contribution in [0.25, 0.3) is 10.1 Å². The van der Waals surface area contributed by atoms with Gasteiger partial charge in [0.1, 0.15) is 5.54 Å². The van der Waals surface area contributed by atoms with Gasteiger partial charge in [-0.25, -0.2) is 4.79 Å². The van der Waals surface area contributed by atoms with E-state index < -0.39 is 5.54 Å². The second kappa shape index (κ2) is 9.84. The molecule has 5 rings (SSSR count). The van der Waals surface area contributed by atoms with Crippen molar-refractivity contribution in [2.75, 3.05) is 19.6 Å². The molecule has 1 N–H and O–H groups in total. The molecule has 178 valence electrons. The highest BCUT2D eigenvalue weighted by Crippen LogP contribution is 2.38. The standard InChI is InChI=1S/C27H32N4O2S/c1-2-13-27(25(32)31(26(33)29-27)17-12-22-8-5-6-14-28-22)21-10-15-30(16-11-21)19-23-18-20-7-3-4-9-24(20)34-23/h3-9,14,18,21H,2,10-13,15-17,19H2,1H3,(H,29,33)/t27-/m0/s1. The number of carbonyl (C=O) groups excluding carboxylic acids is 2. The molecule has 34 heavy (non-hydrogen) atoms. The van der Waals surface area contributed by atoms with Crippen molar-refractivity contribution < 1.29 is 9.59 Å². The average Bonchev–Trinajstić information content (AvgIpc) is 3.37. The minimum absolute atomic E-state index is 0.0433. The van der Waals surface area contributed by atoms with Crippen molar-refractivity contribution in [1.82, 2.24) is 20.1 Å². The van der Waals surface area contributed by atoms with Crippen LogP contribution in [0, 0.1) is 5.92 Å². The quantitative estimate of drug-likeness (QED) is 0.473. The van der Waals surface area contributed by atoms with Gasteiger partial charge in [-0.1, -0.05) is 37.6 Å². The summed E-state index contributed by atoms with van der Waals surface area (Å²) in [6, 6.07) is 16.3. The van der Waals surface area contributed by atoms with Gasteiger partial charge in [-0.2, -0.15) is 0 Å². The Morgan fingerprint density at radius 3 is 2.65 bits per heavy atom. The lowest BCUT2D eigenvalue weighted by Crippen LogP contribution is -2.56. The molecule has 4 heterocycles. The number of imide groups is 1. The fourth-order valence-corrected chi connectivity index (χ4v) is 6.69. The van der Waals surface area contributed by atoms with E-state index in [4.69, 9.17) is 0 Å². The third-order valence-electron chi connectivity index (χ3n) is 7.30. The zero-order chi connectivity index (χ0) is 23.5. The predicted octanol–water partition coefficient (Wildman–Crippen LogP) is 4.84. The number of benzene rings is 1. The van der Waals surface area contributed by atoms with Crippen LogP contribution in [0.1, 0.15) is 43.2 Å². The molecule has 3 amide bonds. The summed E-state index contributed by atoms with van der Waals surface area (Å²) in [4.78, 5) is 36.2. The van der Waals surface area contributed by atoms with Crippen molar-refractivity contribution in [3.05, 3.63) is 65.3 Å². The monoisotopic (exact) mass is 476 g/mol. The number of nitrogens with zero attached hydrogens (tertiary/aromatic N) is 3. The number of rotatable bonds is 8. The summed E-state index contributed by atoms with van der Waals surface area (Å²) >= 11 is 1.86. The molecule has 0 unspecified atom stereocenters. The van der Waals surface area contributed by atoms with Crippen LogP contribution in [0.15, 0.2) is 54.7 Å². The SMILES string of the molecule is CCC[C@@]1(C2CCN(Cc3cc4ccccc4s3)CC2)NC(=O)N(CCc2ccccn2)C1=O. The molecule has 2 aliphatic heterocycles. The summed E-state index contributed by atoms with van der Waals surface area (Å²) in [6.07, 6.45) is 5.72. The average molecular weight is 477 g/mol. The van der Waals surface area contributed by atoms with E-state index in [1.807, 2.05) is 29.5 Å². The molecule has 0 spiro atoms. The highest BCUT2D eigenvalue weighted by molar-refractivity contribution is 7.19. The molecule has 0 saturated carbocycles. The van der Waals surface area contributed by atoms with Crippen LogP contribution in [0.2, 0.25) is 0 Å². The second-order valence-corrected chi connectivity index (χ2v) is 10.6. The molecule has 0 bridgehead atoms. The van der Waals surface area contributed by atoms with Crippen molar-refractivity contribution in [1.29, 1.82) is 0 Å². The zero-order valence-corrected chi connectivity index (χ0v) is 20.5. The van der Waals surface area contributed by atoms with Gasteiger partial charge in [0, 0.05) is 41.0 Å². The van der Waals surface area contributed by atoms with Crippen LogP contribution in [-0.2, 0) is 17.8 Å². The van der Waals surface area contributed by atoms with Crippen LogP contribution in [0.5, 0.6) is 0 Å². The number of likely N-dealkylation sites (tertiary alicyclic amines) is 1. The normalized spacial score (nSPS) is 22.0. The summed E-state index contributed by atoms with van der Waals surface area (Å²) in [6.45, 7) is 5.30. The molecule has 2 aliphatic rings. The molecule has 2 saturated heterocycles. The van der Waals surface area contributed by atoms with E-state index in [0.29, 0.717) is 19.4 Å². The van der Waals surface area contributed by atoms with Crippen LogP contribution >= 0.6 is 11.3 Å². The summed E-state index contributed by atoms with van der Waals surface area (Å²) in [5, 5.41) is 4.47. The van der Waals surface area contributed by atoms with Gasteiger partial charge in [-0.15, -0.1) is 11.3 Å². The topological polar surface area (TPSA) is 65.5 Å². The lowest BCUT2D eigenvalue weighted by Gasteiger charge is -2.40. The lowest BCUT2D eigenvalue weighted by atomic mass is 9.74. The Kier molecular flexibility index (Phi) is 6.66. The van der Waals surface area contributed by atoms with Gasteiger partial charge in [-0.3, -0.25) is 19.6 Å². The van der Waals surface area contributed by atoms with E-state index >= 15 is 0 Å². The minimum Gasteiger partial charge on any atom is -0.323 e. The molecule has 7 heteroatoms. The third kappa shape index (κ3) is 4.46. The van der Waals surface area contributed by atoms with E-state index in [1.165, 1.54) is 19.9 Å². The highest BCUT2D eigenvalue weighted by atomic mass is 32.1. The molecule has 0 aliphatic carbocycles. The molecular formula is C27H32N4O2S. The summed E-state index contributed by atoms with van der Waals surface area (Å²) in [5.41, 5.74) is 0.130. The number of hydrogen-bond acceptors (Lipinski definition) is 5. The number of aromatic nitrogens is 1. The van der Waals surface area contributed by atoms with E-state index in [0.717, 1.165) is 44.6 Å². The number of piperidine rings is 1. The zero-order valence-electron chi connectivity index (χ0n) is 19.7. The molecule has 0 radical (unpaired) electrons. The fraction of sp³-hybridized carbons (Fsp3) is 0.444. The number of hydrogen-bond donors (Lipinski definition) is 1. The number of fused-ring (bicyclic) bond motifs is 1. The molecule has 6 nitrogen and oxygen atoms in total. The summed E-state index contributed by atoms with van der Waals surface area (Å²) in [5.74, 6) is 0.126. The second-order valence-electron chi connectivity index (χ2n) is 9.48. The summed E-state index contributed by atoms with van der Waals surface area (Å²) < 4.78 is 1.33. The molecule has 2 aromatic heterocycles. The van der Waals surface area contributed by atoms with Crippen molar-refractivity contribution in [3.63, 3.8) is 0 Å². The first-order chi connectivity index (χ1) is 16.6. The van der Waals surface area contributed by atoms with Gasteiger partial charge in [0.2, 0.25) is 0 Å². The van der Waals surface area contributed by atoms with Crippen molar-refractivity contribution in [3.8, 4) is 0 Å². The highest BCUT2D eigenvalue weighted by Gasteiger charge is 2.55. The Labute approximate surface area is 205 Å². The van der Waals surface area contributed by atoms with Gasteiger partial charge < -0.3 is 5.32 Å².